The monoisotopic (exact) mass is 590 g/mol. The van der Waals surface area contributed by atoms with Crippen molar-refractivity contribution < 1.29 is 14.4 Å². The van der Waals surface area contributed by atoms with Gasteiger partial charge in [-0.2, -0.15) is 0 Å². The Bertz CT molecular complexity index is 561. The van der Waals surface area contributed by atoms with Crippen molar-refractivity contribution in [2.75, 3.05) is 0 Å². The fraction of sp³-hybridized carbons (Fsp3) is 0.706. The topological polar surface area (TPSA) is 96.0 Å². The minimum atomic E-state index is -0.403. The second-order valence-electron chi connectivity index (χ2n) is 6.54. The van der Waals surface area contributed by atoms with E-state index in [0.717, 1.165) is 44.2 Å². The maximum absolute atomic E-state index is 12.1. The SMILES string of the molecule is CC[C@H](C)[C@H](NC(=O)CCc1cn(CCCC[C@@H](C=O)NI)[nH]1)C(=O)I. The van der Waals surface area contributed by atoms with Crippen molar-refractivity contribution in [2.24, 2.45) is 5.92 Å². The third-order valence-electron chi connectivity index (χ3n) is 4.46. The van der Waals surface area contributed by atoms with E-state index in [9.17, 15) is 14.4 Å². The van der Waals surface area contributed by atoms with Crippen LogP contribution in [0.15, 0.2) is 6.20 Å². The van der Waals surface area contributed by atoms with Crippen LogP contribution in [0.3, 0.4) is 0 Å². The first-order chi connectivity index (χ1) is 12.4. The molecule has 9 heteroatoms. The molecular weight excluding hydrogens is 562 g/mol. The zero-order valence-corrected chi connectivity index (χ0v) is 19.6. The Kier molecular flexibility index (Phi) is 11.7. The van der Waals surface area contributed by atoms with Crippen molar-refractivity contribution in [3.8, 4) is 0 Å². The number of hydrogen-bond donors (Lipinski definition) is 3. The van der Waals surface area contributed by atoms with Crippen molar-refractivity contribution >= 4 is 61.4 Å². The van der Waals surface area contributed by atoms with Crippen molar-refractivity contribution in [1.29, 1.82) is 0 Å². The molecule has 1 aromatic rings. The predicted octanol–water partition coefficient (Wildman–Crippen LogP) is 2.92. The van der Waals surface area contributed by atoms with Gasteiger partial charge in [-0.1, -0.05) is 20.3 Å². The molecule has 3 N–H and O–H groups in total. The van der Waals surface area contributed by atoms with Crippen LogP contribution in [0.4, 0.5) is 0 Å². The molecule has 0 saturated heterocycles. The summed E-state index contributed by atoms with van der Waals surface area (Å²) >= 11 is 3.76. The average Bonchev–Trinajstić information content (AvgIpc) is 2.59. The summed E-state index contributed by atoms with van der Waals surface area (Å²) in [6, 6.07) is -0.474. The van der Waals surface area contributed by atoms with Gasteiger partial charge in [-0.05, 0) is 31.6 Å². The van der Waals surface area contributed by atoms with Gasteiger partial charge in [0, 0.05) is 70.3 Å². The number of carbonyl (C=O) groups excluding carboxylic acids is 3. The van der Waals surface area contributed by atoms with Crippen LogP contribution in [0.5, 0.6) is 0 Å². The Morgan fingerprint density at radius 1 is 1.38 bits per heavy atom. The highest BCUT2D eigenvalue weighted by atomic mass is 127. The van der Waals surface area contributed by atoms with Gasteiger partial charge in [-0.25, -0.2) is 0 Å². The quantitative estimate of drug-likeness (QED) is 0.102. The molecule has 3 atom stereocenters. The smallest absolute Gasteiger partial charge is 0.221 e. The summed E-state index contributed by atoms with van der Waals surface area (Å²) in [6.07, 6.45) is 7.61. The number of amides is 1. The number of unbranched alkanes of at least 4 members (excludes halogenated alkanes) is 1. The number of halogens is 2. The van der Waals surface area contributed by atoms with E-state index in [1.807, 2.05) is 47.6 Å². The van der Waals surface area contributed by atoms with Gasteiger partial charge in [0.15, 0.2) is 0 Å². The van der Waals surface area contributed by atoms with Crippen molar-refractivity contribution in [1.82, 2.24) is 18.6 Å². The minimum Gasteiger partial charge on any atom is -0.345 e. The molecule has 0 aliphatic carbocycles. The van der Waals surface area contributed by atoms with Crippen molar-refractivity contribution in [3.63, 3.8) is 0 Å². The number of aryl methyl sites for hydroxylation is 2. The fourth-order valence-corrected chi connectivity index (χ4v) is 3.78. The van der Waals surface area contributed by atoms with Crippen molar-refractivity contribution in [3.05, 3.63) is 11.9 Å². The number of aldehydes is 1. The van der Waals surface area contributed by atoms with Gasteiger partial charge in [-0.3, -0.25) is 17.8 Å². The molecule has 7 nitrogen and oxygen atoms in total. The Labute approximate surface area is 182 Å². The summed E-state index contributed by atoms with van der Waals surface area (Å²) in [5, 5.41) is 6.07. The molecule has 0 aromatic carbocycles. The number of rotatable bonds is 14. The molecule has 148 valence electrons. The molecule has 1 rings (SSSR count). The fourth-order valence-electron chi connectivity index (χ4n) is 2.56. The largest absolute Gasteiger partial charge is 0.345 e. The molecule has 0 radical (unpaired) electrons. The Hall–Kier alpha value is -0.430. The van der Waals surface area contributed by atoms with Crippen LogP contribution in [-0.4, -0.2) is 37.8 Å². The molecule has 0 unspecified atom stereocenters. The van der Waals surface area contributed by atoms with Gasteiger partial charge in [-0.15, -0.1) is 0 Å². The van der Waals surface area contributed by atoms with E-state index < -0.39 is 6.04 Å². The van der Waals surface area contributed by atoms with Crippen LogP contribution in [0.1, 0.15) is 51.6 Å². The van der Waals surface area contributed by atoms with E-state index in [2.05, 4.69) is 13.9 Å². The standard InChI is InChI=1S/C17H28I2N4O3/c1-3-12(2)16(17(18)26)20-15(25)8-7-13-10-23(22-13)9-5-4-6-14(11-24)21-19/h10-12,14,16,21-22H,3-9H2,1-2H3,(H,20,25)/t12-,14-,16-/m0/s1. The Morgan fingerprint density at radius 3 is 2.62 bits per heavy atom. The number of hydrogen-bond acceptors (Lipinski definition) is 4. The Morgan fingerprint density at radius 2 is 2.08 bits per heavy atom. The van der Waals surface area contributed by atoms with E-state index in [1.165, 1.54) is 0 Å². The highest BCUT2D eigenvalue weighted by Crippen LogP contribution is 2.13. The summed E-state index contributed by atoms with van der Waals surface area (Å²) in [6.45, 7) is 4.86. The third kappa shape index (κ3) is 8.51. The van der Waals surface area contributed by atoms with Crippen LogP contribution in [0, 0.1) is 5.92 Å². The molecule has 0 aliphatic rings. The molecule has 0 saturated carbocycles. The molecule has 1 amide bonds. The third-order valence-corrected chi connectivity index (χ3v) is 5.93. The van der Waals surface area contributed by atoms with Gasteiger partial charge in [0.1, 0.15) is 12.3 Å². The normalized spacial score (nSPS) is 14.6. The molecule has 1 aromatic heterocycles. The molecule has 26 heavy (non-hydrogen) atoms. The first-order valence-corrected chi connectivity index (χ1v) is 11.1. The zero-order valence-electron chi connectivity index (χ0n) is 15.3. The van der Waals surface area contributed by atoms with Crippen LogP contribution in [-0.2, 0) is 27.3 Å². The van der Waals surface area contributed by atoms with Crippen LogP contribution in [0.2, 0.25) is 0 Å². The maximum atomic E-state index is 12.1. The number of nitrogens with one attached hydrogen (secondary N) is 3. The van der Waals surface area contributed by atoms with Crippen molar-refractivity contribution in [2.45, 2.75) is 71.0 Å². The van der Waals surface area contributed by atoms with E-state index in [-0.39, 0.29) is 21.7 Å². The molecule has 0 bridgehead atoms. The lowest BCUT2D eigenvalue weighted by Crippen LogP contribution is -2.43. The second-order valence-corrected chi connectivity index (χ2v) is 8.23. The lowest BCUT2D eigenvalue weighted by Gasteiger charge is -2.21. The zero-order chi connectivity index (χ0) is 19.5. The minimum absolute atomic E-state index is 0.0213. The van der Waals surface area contributed by atoms with E-state index in [4.69, 9.17) is 0 Å². The first kappa shape index (κ1) is 23.6. The number of nitrogens with zero attached hydrogens (tertiary/aromatic N) is 1. The number of aromatic nitrogens is 2. The average molecular weight is 590 g/mol. The number of H-pyrrole nitrogens is 1. The van der Waals surface area contributed by atoms with Crippen LogP contribution < -0.4 is 8.85 Å². The lowest BCUT2D eigenvalue weighted by atomic mass is 10.0. The number of aromatic amines is 1. The van der Waals surface area contributed by atoms with Crippen LogP contribution >= 0.6 is 45.5 Å². The molecule has 0 fully saturated rings. The molecule has 1 heterocycles. The summed E-state index contributed by atoms with van der Waals surface area (Å²) in [4.78, 5) is 34.4. The van der Waals surface area contributed by atoms with Gasteiger partial charge in [0.25, 0.3) is 0 Å². The second kappa shape index (κ2) is 12.9. The molecule has 0 aliphatic heterocycles. The van der Waals surface area contributed by atoms with Gasteiger partial charge >= 0.3 is 0 Å². The highest BCUT2D eigenvalue weighted by molar-refractivity contribution is 14.1. The van der Waals surface area contributed by atoms with E-state index in [1.54, 1.807) is 22.6 Å². The highest BCUT2D eigenvalue weighted by Gasteiger charge is 2.23. The summed E-state index contributed by atoms with van der Waals surface area (Å²) < 4.78 is 4.91. The molecule has 0 spiro atoms. The van der Waals surface area contributed by atoms with E-state index >= 15 is 0 Å². The maximum Gasteiger partial charge on any atom is 0.221 e. The first-order valence-electron chi connectivity index (χ1n) is 8.95. The van der Waals surface area contributed by atoms with Gasteiger partial charge in [0.05, 0.1) is 6.04 Å². The summed E-state index contributed by atoms with van der Waals surface area (Å²) in [5.41, 5.74) is 1.03. The summed E-state index contributed by atoms with van der Waals surface area (Å²) in [5.74, 6) is 0.0498. The predicted molar refractivity (Wildman–Crippen MR) is 118 cm³/mol. The van der Waals surface area contributed by atoms with Gasteiger partial charge < -0.3 is 15.2 Å². The summed E-state index contributed by atoms with van der Waals surface area (Å²) in [7, 11) is 0. The van der Waals surface area contributed by atoms with Gasteiger partial charge in [0.2, 0.25) is 9.70 Å². The van der Waals surface area contributed by atoms with Crippen LogP contribution in [0.25, 0.3) is 0 Å². The number of carbonyl (C=O) groups is 3. The molecular formula is C17H28I2N4O3. The Balaban J connectivity index is 2.24. The van der Waals surface area contributed by atoms with E-state index in [0.29, 0.717) is 12.8 Å². The lowest BCUT2D eigenvalue weighted by molar-refractivity contribution is -0.125.